The van der Waals surface area contributed by atoms with Gasteiger partial charge in [0.15, 0.2) is 5.82 Å². The van der Waals surface area contributed by atoms with Crippen molar-refractivity contribution in [1.82, 2.24) is 24.7 Å². The van der Waals surface area contributed by atoms with Crippen LogP contribution in [0.3, 0.4) is 0 Å². The number of methoxy groups -OCH3 is 1. The Kier molecular flexibility index (Phi) is 6.10. The molecule has 2 aliphatic heterocycles. The van der Waals surface area contributed by atoms with E-state index in [4.69, 9.17) is 4.74 Å². The second-order valence-electron chi connectivity index (χ2n) is 6.89. The maximum Gasteiger partial charge on any atom is 0.290 e. The zero-order valence-corrected chi connectivity index (χ0v) is 16.0. The number of amides is 3. The van der Waals surface area contributed by atoms with E-state index in [1.807, 2.05) is 4.57 Å². The quantitative estimate of drug-likeness (QED) is 0.723. The van der Waals surface area contributed by atoms with Gasteiger partial charge in [-0.25, -0.2) is 4.98 Å². The normalized spacial score (nSPS) is 16.8. The lowest BCUT2D eigenvalue weighted by atomic mass is 10.1. The first-order valence-electron chi connectivity index (χ1n) is 9.44. The third-order valence-electron chi connectivity index (χ3n) is 5.13. The molecule has 0 unspecified atom stereocenters. The zero-order valence-electron chi connectivity index (χ0n) is 16.0. The number of hydrogen-bond donors (Lipinski definition) is 1. The highest BCUT2D eigenvalue weighted by atomic mass is 16.5. The third-order valence-corrected chi connectivity index (χ3v) is 5.13. The fraction of sp³-hybridized carbons (Fsp3) is 0.667. The molecule has 0 bridgehead atoms. The van der Waals surface area contributed by atoms with Crippen LogP contribution in [-0.4, -0.2) is 83.5 Å². The van der Waals surface area contributed by atoms with Crippen molar-refractivity contribution >= 4 is 17.7 Å². The van der Waals surface area contributed by atoms with Crippen molar-refractivity contribution in [3.05, 3.63) is 17.2 Å². The number of rotatable bonds is 5. The Morgan fingerprint density at radius 3 is 2.44 bits per heavy atom. The number of hydrogen-bond acceptors (Lipinski definition) is 5. The second-order valence-corrected chi connectivity index (χ2v) is 6.89. The van der Waals surface area contributed by atoms with Gasteiger partial charge in [-0.1, -0.05) is 0 Å². The Hall–Kier alpha value is -2.42. The summed E-state index contributed by atoms with van der Waals surface area (Å²) < 4.78 is 6.86. The van der Waals surface area contributed by atoms with E-state index in [1.54, 1.807) is 16.9 Å². The van der Waals surface area contributed by atoms with Crippen LogP contribution in [0.25, 0.3) is 0 Å². The number of carbonyl (C=O) groups excluding carboxylic acids is 3. The minimum Gasteiger partial charge on any atom is -0.383 e. The third kappa shape index (κ3) is 4.13. The molecule has 0 radical (unpaired) electrons. The van der Waals surface area contributed by atoms with Gasteiger partial charge < -0.3 is 24.4 Å². The molecule has 9 nitrogen and oxygen atoms in total. The molecule has 0 spiro atoms. The first kappa shape index (κ1) is 19.3. The number of nitrogens with zero attached hydrogens (tertiary/aromatic N) is 4. The topological polar surface area (TPSA) is 96.8 Å². The van der Waals surface area contributed by atoms with Crippen LogP contribution in [0.15, 0.2) is 0 Å². The highest BCUT2D eigenvalue weighted by Gasteiger charge is 2.31. The lowest BCUT2D eigenvalue weighted by Gasteiger charge is -2.34. The van der Waals surface area contributed by atoms with E-state index in [-0.39, 0.29) is 17.7 Å². The predicted molar refractivity (Wildman–Crippen MR) is 97.5 cm³/mol. The number of ether oxygens (including phenoxy) is 1. The summed E-state index contributed by atoms with van der Waals surface area (Å²) in [5.74, 6) is -0.0800. The molecule has 1 aromatic heterocycles. The van der Waals surface area contributed by atoms with Crippen molar-refractivity contribution < 1.29 is 19.1 Å². The lowest BCUT2D eigenvalue weighted by Crippen LogP contribution is -2.50. The summed E-state index contributed by atoms with van der Waals surface area (Å²) in [6.07, 6.45) is 2.69. The van der Waals surface area contributed by atoms with Crippen molar-refractivity contribution in [3.63, 3.8) is 0 Å². The van der Waals surface area contributed by atoms with Crippen LogP contribution in [0, 0.1) is 0 Å². The largest absolute Gasteiger partial charge is 0.383 e. The zero-order chi connectivity index (χ0) is 19.4. The number of carbonyl (C=O) groups is 3. The predicted octanol–water partition coefficient (Wildman–Crippen LogP) is -0.100. The SMILES string of the molecule is COCCNC(=O)c1nc(C(=O)N2CCN(C(C)=O)CC2)n2c1CCCC2. The van der Waals surface area contributed by atoms with E-state index in [1.165, 1.54) is 6.92 Å². The molecule has 0 aliphatic carbocycles. The molecule has 0 saturated carbocycles. The van der Waals surface area contributed by atoms with Gasteiger partial charge in [-0.2, -0.15) is 0 Å². The summed E-state index contributed by atoms with van der Waals surface area (Å²) in [5, 5.41) is 2.79. The molecule has 0 aromatic carbocycles. The van der Waals surface area contributed by atoms with Gasteiger partial charge in [-0.15, -0.1) is 0 Å². The number of imidazole rings is 1. The molecule has 1 saturated heterocycles. The van der Waals surface area contributed by atoms with Gasteiger partial charge >= 0.3 is 0 Å². The molecular formula is C18H27N5O4. The molecule has 1 N–H and O–H groups in total. The van der Waals surface area contributed by atoms with Crippen LogP contribution < -0.4 is 5.32 Å². The Labute approximate surface area is 158 Å². The van der Waals surface area contributed by atoms with Crippen molar-refractivity contribution in [1.29, 1.82) is 0 Å². The van der Waals surface area contributed by atoms with Crippen molar-refractivity contribution in [3.8, 4) is 0 Å². The van der Waals surface area contributed by atoms with Crippen molar-refractivity contribution in [2.75, 3.05) is 46.4 Å². The van der Waals surface area contributed by atoms with Gasteiger partial charge in [0.05, 0.1) is 12.3 Å². The Balaban J connectivity index is 1.78. The molecule has 3 heterocycles. The standard InChI is InChI=1S/C18H27N5O4/c1-13(24)21-8-10-22(11-9-21)18(26)16-20-15(17(25)19-6-12-27-2)14-5-3-4-7-23(14)16/h3-12H2,1-2H3,(H,19,25). The maximum absolute atomic E-state index is 13.0. The molecular weight excluding hydrogens is 350 g/mol. The summed E-state index contributed by atoms with van der Waals surface area (Å²) in [6, 6.07) is 0. The molecule has 148 valence electrons. The average Bonchev–Trinajstić information content (AvgIpc) is 3.07. The van der Waals surface area contributed by atoms with E-state index in [0.717, 1.165) is 25.0 Å². The second kappa shape index (κ2) is 8.51. The molecule has 2 aliphatic rings. The van der Waals surface area contributed by atoms with Crippen molar-refractivity contribution in [2.24, 2.45) is 0 Å². The maximum atomic E-state index is 13.0. The van der Waals surface area contributed by atoms with Crippen LogP contribution in [0.1, 0.15) is 46.6 Å². The number of aromatic nitrogens is 2. The van der Waals surface area contributed by atoms with Crippen LogP contribution >= 0.6 is 0 Å². The highest BCUT2D eigenvalue weighted by molar-refractivity contribution is 5.97. The smallest absolute Gasteiger partial charge is 0.290 e. The van der Waals surface area contributed by atoms with E-state index in [0.29, 0.717) is 57.4 Å². The van der Waals surface area contributed by atoms with Gasteiger partial charge in [0.25, 0.3) is 11.8 Å². The fourth-order valence-corrected chi connectivity index (χ4v) is 3.60. The van der Waals surface area contributed by atoms with Gasteiger partial charge in [-0.3, -0.25) is 14.4 Å². The first-order chi connectivity index (χ1) is 13.0. The Morgan fingerprint density at radius 1 is 1.07 bits per heavy atom. The molecule has 3 rings (SSSR count). The summed E-state index contributed by atoms with van der Waals surface area (Å²) in [4.78, 5) is 44.9. The monoisotopic (exact) mass is 377 g/mol. The average molecular weight is 377 g/mol. The van der Waals surface area contributed by atoms with Crippen molar-refractivity contribution in [2.45, 2.75) is 32.7 Å². The van der Waals surface area contributed by atoms with E-state index >= 15 is 0 Å². The first-order valence-corrected chi connectivity index (χ1v) is 9.44. The van der Waals surface area contributed by atoms with Gasteiger partial charge in [0, 0.05) is 53.3 Å². The van der Waals surface area contributed by atoms with Gasteiger partial charge in [0.1, 0.15) is 5.69 Å². The molecule has 3 amide bonds. The van der Waals surface area contributed by atoms with Crippen LogP contribution in [0.5, 0.6) is 0 Å². The summed E-state index contributed by atoms with van der Waals surface area (Å²) >= 11 is 0. The fourth-order valence-electron chi connectivity index (χ4n) is 3.60. The number of piperazine rings is 1. The Morgan fingerprint density at radius 2 is 1.78 bits per heavy atom. The van der Waals surface area contributed by atoms with E-state index in [9.17, 15) is 14.4 Å². The molecule has 1 fully saturated rings. The van der Waals surface area contributed by atoms with E-state index in [2.05, 4.69) is 10.3 Å². The molecule has 1 aromatic rings. The van der Waals surface area contributed by atoms with Crippen LogP contribution in [0.4, 0.5) is 0 Å². The van der Waals surface area contributed by atoms with E-state index < -0.39 is 0 Å². The van der Waals surface area contributed by atoms with Crippen LogP contribution in [0.2, 0.25) is 0 Å². The Bertz CT molecular complexity index is 722. The molecule has 9 heteroatoms. The number of fused-ring (bicyclic) bond motifs is 1. The minimum atomic E-state index is -0.266. The summed E-state index contributed by atoms with van der Waals surface area (Å²) in [5.41, 5.74) is 1.18. The summed E-state index contributed by atoms with van der Waals surface area (Å²) in [6.45, 7) is 5.08. The lowest BCUT2D eigenvalue weighted by molar-refractivity contribution is -0.130. The van der Waals surface area contributed by atoms with Gasteiger partial charge in [-0.05, 0) is 19.3 Å². The molecule has 27 heavy (non-hydrogen) atoms. The highest BCUT2D eigenvalue weighted by Crippen LogP contribution is 2.22. The van der Waals surface area contributed by atoms with Crippen LogP contribution in [-0.2, 0) is 22.5 Å². The number of nitrogens with one attached hydrogen (secondary N) is 1. The minimum absolute atomic E-state index is 0.0234. The summed E-state index contributed by atoms with van der Waals surface area (Å²) in [7, 11) is 1.58. The van der Waals surface area contributed by atoms with Gasteiger partial charge in [0.2, 0.25) is 5.91 Å². The molecule has 0 atom stereocenters.